The molecule has 0 bridgehead atoms. The quantitative estimate of drug-likeness (QED) is 0.559. The van der Waals surface area contributed by atoms with Crippen LogP contribution in [0.4, 0.5) is 0 Å². The lowest BCUT2D eigenvalue weighted by Crippen LogP contribution is -2.16. The second kappa shape index (κ2) is 7.45. The first kappa shape index (κ1) is 13.5. The van der Waals surface area contributed by atoms with Crippen LogP contribution in [0.5, 0.6) is 0 Å². The van der Waals surface area contributed by atoms with Gasteiger partial charge in [0.05, 0.1) is 36.1 Å². The van der Waals surface area contributed by atoms with Crippen LogP contribution in [0.2, 0.25) is 0 Å². The highest BCUT2D eigenvalue weighted by atomic mass is 32.1. The highest BCUT2D eigenvalue weighted by molar-refractivity contribution is 7.09. The Kier molecular flexibility index (Phi) is 5.57. The lowest BCUT2D eigenvalue weighted by molar-refractivity contribution is -0.146. The maximum atomic E-state index is 11.4. The van der Waals surface area contributed by atoms with E-state index in [1.807, 2.05) is 0 Å². The molecule has 1 aliphatic heterocycles. The van der Waals surface area contributed by atoms with E-state index in [2.05, 4.69) is 4.98 Å². The smallest absolute Gasteiger partial charge is 0.308 e. The first-order chi connectivity index (χ1) is 8.84. The number of rotatable bonds is 7. The van der Waals surface area contributed by atoms with Crippen molar-refractivity contribution in [2.45, 2.75) is 32.0 Å². The fraction of sp³-hybridized carbons (Fsp3) is 0.667. The Labute approximate surface area is 110 Å². The van der Waals surface area contributed by atoms with Gasteiger partial charge in [-0.25, -0.2) is 0 Å². The maximum Gasteiger partial charge on any atom is 0.308 e. The van der Waals surface area contributed by atoms with Crippen LogP contribution in [0, 0.1) is 0 Å². The number of esters is 1. The van der Waals surface area contributed by atoms with Crippen molar-refractivity contribution in [2.24, 2.45) is 0 Å². The Morgan fingerprint density at radius 2 is 2.56 bits per heavy atom. The van der Waals surface area contributed by atoms with Gasteiger partial charge in [0, 0.05) is 12.8 Å². The maximum absolute atomic E-state index is 11.4. The normalized spacial score (nSPS) is 19.0. The summed E-state index contributed by atoms with van der Waals surface area (Å²) in [6.07, 6.45) is 4.34. The van der Waals surface area contributed by atoms with Crippen LogP contribution >= 0.6 is 11.3 Å². The van der Waals surface area contributed by atoms with Gasteiger partial charge in [-0.3, -0.25) is 9.78 Å². The van der Waals surface area contributed by atoms with Gasteiger partial charge in [0.1, 0.15) is 6.61 Å². The second-order valence-corrected chi connectivity index (χ2v) is 5.06. The van der Waals surface area contributed by atoms with Crippen LogP contribution in [0.15, 0.2) is 11.7 Å². The van der Waals surface area contributed by atoms with E-state index in [9.17, 15) is 4.79 Å². The van der Waals surface area contributed by atoms with Crippen LogP contribution in [0.25, 0.3) is 0 Å². The zero-order valence-electron chi connectivity index (χ0n) is 10.2. The average Bonchev–Trinajstić information content (AvgIpc) is 3.04. The molecular weight excluding hydrogens is 254 g/mol. The van der Waals surface area contributed by atoms with E-state index in [0.717, 1.165) is 24.3 Å². The highest BCUT2D eigenvalue weighted by Gasteiger charge is 2.15. The minimum Gasteiger partial charge on any atom is -0.460 e. The van der Waals surface area contributed by atoms with Gasteiger partial charge in [0.15, 0.2) is 0 Å². The Morgan fingerprint density at radius 3 is 3.28 bits per heavy atom. The number of carbonyl (C=O) groups is 1. The van der Waals surface area contributed by atoms with E-state index in [1.54, 1.807) is 11.7 Å². The predicted molar refractivity (Wildman–Crippen MR) is 66.3 cm³/mol. The fourth-order valence-corrected chi connectivity index (χ4v) is 2.19. The number of hydrogen-bond acceptors (Lipinski definition) is 6. The Balaban J connectivity index is 1.49. The molecule has 0 spiro atoms. The predicted octanol–water partition coefficient (Wildman–Crippen LogP) is 1.77. The highest BCUT2D eigenvalue weighted by Crippen LogP contribution is 2.12. The van der Waals surface area contributed by atoms with Crippen molar-refractivity contribution in [1.29, 1.82) is 0 Å². The van der Waals surface area contributed by atoms with Crippen molar-refractivity contribution in [3.05, 3.63) is 16.6 Å². The molecule has 2 rings (SSSR count). The lowest BCUT2D eigenvalue weighted by Gasteiger charge is -2.09. The summed E-state index contributed by atoms with van der Waals surface area (Å²) >= 11 is 1.47. The summed E-state index contributed by atoms with van der Waals surface area (Å²) in [4.78, 5) is 16.2. The van der Waals surface area contributed by atoms with E-state index >= 15 is 0 Å². The van der Waals surface area contributed by atoms with Gasteiger partial charge >= 0.3 is 5.97 Å². The molecule has 0 N–H and O–H groups in total. The Morgan fingerprint density at radius 1 is 1.61 bits per heavy atom. The van der Waals surface area contributed by atoms with E-state index < -0.39 is 0 Å². The van der Waals surface area contributed by atoms with Gasteiger partial charge in [0.25, 0.3) is 0 Å². The van der Waals surface area contributed by atoms with Crippen molar-refractivity contribution in [2.75, 3.05) is 19.8 Å². The largest absolute Gasteiger partial charge is 0.460 e. The van der Waals surface area contributed by atoms with E-state index in [4.69, 9.17) is 14.2 Å². The van der Waals surface area contributed by atoms with Crippen molar-refractivity contribution >= 4 is 17.3 Å². The molecule has 1 aromatic heterocycles. The zero-order valence-corrected chi connectivity index (χ0v) is 11.0. The number of hydrogen-bond donors (Lipinski definition) is 0. The molecule has 1 aliphatic rings. The molecule has 5 nitrogen and oxygen atoms in total. The molecular formula is C12H17NO4S. The van der Waals surface area contributed by atoms with Gasteiger partial charge in [-0.1, -0.05) is 0 Å². The number of ether oxygens (including phenoxy) is 3. The standard InChI is InChI=1S/C12H17NO4S/c14-12(17-8-11-6-13-9-18-11)3-5-15-7-10-2-1-4-16-10/h6,9-10H,1-5,7-8H2. The molecule has 1 saturated heterocycles. The van der Waals surface area contributed by atoms with E-state index in [-0.39, 0.29) is 18.5 Å². The molecule has 0 radical (unpaired) electrons. The number of carbonyl (C=O) groups excluding carboxylic acids is 1. The van der Waals surface area contributed by atoms with Crippen molar-refractivity contribution < 1.29 is 19.0 Å². The molecule has 1 fully saturated rings. The minimum atomic E-state index is -0.240. The summed E-state index contributed by atoms with van der Waals surface area (Å²) in [7, 11) is 0. The van der Waals surface area contributed by atoms with Gasteiger partial charge in [-0.15, -0.1) is 11.3 Å². The van der Waals surface area contributed by atoms with Gasteiger partial charge in [-0.05, 0) is 12.8 Å². The summed E-state index contributed by atoms with van der Waals surface area (Å²) in [6, 6.07) is 0. The fourth-order valence-electron chi connectivity index (χ4n) is 1.68. The van der Waals surface area contributed by atoms with E-state index in [0.29, 0.717) is 19.8 Å². The third-order valence-corrected chi connectivity index (χ3v) is 3.39. The van der Waals surface area contributed by atoms with Crippen LogP contribution in [-0.2, 0) is 25.6 Å². The third kappa shape index (κ3) is 4.72. The topological polar surface area (TPSA) is 57.7 Å². The van der Waals surface area contributed by atoms with E-state index in [1.165, 1.54) is 11.3 Å². The average molecular weight is 271 g/mol. The SMILES string of the molecule is O=C(CCOCC1CCCO1)OCc1cncs1. The lowest BCUT2D eigenvalue weighted by atomic mass is 10.2. The van der Waals surface area contributed by atoms with Crippen LogP contribution in [-0.4, -0.2) is 36.9 Å². The monoisotopic (exact) mass is 271 g/mol. The molecule has 0 amide bonds. The van der Waals surface area contributed by atoms with Crippen molar-refractivity contribution in [1.82, 2.24) is 4.98 Å². The summed E-state index contributed by atoms with van der Waals surface area (Å²) in [6.45, 7) is 2.09. The molecule has 1 aromatic rings. The zero-order chi connectivity index (χ0) is 12.6. The molecule has 2 heterocycles. The molecule has 1 unspecified atom stereocenters. The van der Waals surface area contributed by atoms with Crippen molar-refractivity contribution in [3.63, 3.8) is 0 Å². The van der Waals surface area contributed by atoms with Gasteiger partial charge < -0.3 is 14.2 Å². The Bertz CT molecular complexity index is 349. The minimum absolute atomic E-state index is 0.207. The number of thiazole rings is 1. The molecule has 0 saturated carbocycles. The number of aromatic nitrogens is 1. The summed E-state index contributed by atoms with van der Waals surface area (Å²) in [5, 5.41) is 0. The molecule has 6 heteroatoms. The summed E-state index contributed by atoms with van der Waals surface area (Å²) < 4.78 is 15.9. The molecule has 18 heavy (non-hydrogen) atoms. The first-order valence-corrected chi connectivity index (χ1v) is 6.95. The van der Waals surface area contributed by atoms with Crippen LogP contribution < -0.4 is 0 Å². The molecule has 0 aliphatic carbocycles. The summed E-state index contributed by atoms with van der Waals surface area (Å²) in [5.74, 6) is -0.240. The Hall–Kier alpha value is -0.980. The first-order valence-electron chi connectivity index (χ1n) is 6.07. The van der Waals surface area contributed by atoms with Gasteiger partial charge in [0.2, 0.25) is 0 Å². The summed E-state index contributed by atoms with van der Waals surface area (Å²) in [5.41, 5.74) is 1.72. The molecule has 100 valence electrons. The molecule has 1 atom stereocenters. The second-order valence-electron chi connectivity index (χ2n) is 4.09. The van der Waals surface area contributed by atoms with Crippen LogP contribution in [0.1, 0.15) is 24.1 Å². The van der Waals surface area contributed by atoms with Crippen molar-refractivity contribution in [3.8, 4) is 0 Å². The molecule has 0 aromatic carbocycles. The number of nitrogens with zero attached hydrogens (tertiary/aromatic N) is 1. The van der Waals surface area contributed by atoms with Crippen LogP contribution in [0.3, 0.4) is 0 Å². The third-order valence-electron chi connectivity index (χ3n) is 2.64. The van der Waals surface area contributed by atoms with Gasteiger partial charge in [-0.2, -0.15) is 0 Å².